The zero-order valence-electron chi connectivity index (χ0n) is 9.11. The third-order valence-corrected chi connectivity index (χ3v) is 2.35. The third-order valence-electron chi connectivity index (χ3n) is 2.35. The van der Waals surface area contributed by atoms with E-state index in [4.69, 9.17) is 0 Å². The zero-order valence-corrected chi connectivity index (χ0v) is 9.11. The van der Waals surface area contributed by atoms with Gasteiger partial charge in [0.1, 0.15) is 5.82 Å². The second-order valence-electron chi connectivity index (χ2n) is 4.09. The quantitative estimate of drug-likeness (QED) is 0.792. The molecule has 5 heteroatoms. The summed E-state index contributed by atoms with van der Waals surface area (Å²) >= 11 is 0. The number of nitrogens with zero attached hydrogens (tertiary/aromatic N) is 3. The van der Waals surface area contributed by atoms with Crippen LogP contribution in [0.25, 0.3) is 11.2 Å². The molecule has 2 rings (SSSR count). The van der Waals surface area contributed by atoms with Gasteiger partial charge in [0.15, 0.2) is 11.2 Å². The van der Waals surface area contributed by atoms with Gasteiger partial charge in [-0.25, -0.2) is 9.97 Å². The lowest BCUT2D eigenvalue weighted by Gasteiger charge is -2.03. The van der Waals surface area contributed by atoms with Crippen molar-refractivity contribution in [3.05, 3.63) is 22.5 Å². The van der Waals surface area contributed by atoms with E-state index in [-0.39, 0.29) is 5.56 Å². The fourth-order valence-corrected chi connectivity index (χ4v) is 1.60. The molecule has 0 bridgehead atoms. The van der Waals surface area contributed by atoms with Crippen LogP contribution in [-0.2, 0) is 13.5 Å². The van der Waals surface area contributed by atoms with Gasteiger partial charge in [0.25, 0.3) is 5.56 Å². The molecule has 0 aliphatic rings. The molecule has 0 saturated heterocycles. The lowest BCUT2D eigenvalue weighted by molar-refractivity contribution is 0.605. The van der Waals surface area contributed by atoms with Crippen LogP contribution in [0.1, 0.15) is 19.7 Å². The van der Waals surface area contributed by atoms with Crippen molar-refractivity contribution in [2.75, 3.05) is 0 Å². The summed E-state index contributed by atoms with van der Waals surface area (Å²) < 4.78 is 1.88. The summed E-state index contributed by atoms with van der Waals surface area (Å²) in [6, 6.07) is 0. The van der Waals surface area contributed by atoms with Crippen LogP contribution in [0.15, 0.2) is 11.1 Å². The van der Waals surface area contributed by atoms with Crippen molar-refractivity contribution < 1.29 is 0 Å². The highest BCUT2D eigenvalue weighted by Crippen LogP contribution is 2.11. The Labute approximate surface area is 87.2 Å². The van der Waals surface area contributed by atoms with E-state index < -0.39 is 0 Å². The Morgan fingerprint density at radius 1 is 1.53 bits per heavy atom. The van der Waals surface area contributed by atoms with E-state index in [0.29, 0.717) is 17.1 Å². The molecule has 2 heterocycles. The summed E-state index contributed by atoms with van der Waals surface area (Å²) in [7, 11) is 1.89. The number of imidazole rings is 1. The number of aromatic amines is 1. The molecule has 1 N–H and O–H groups in total. The Kier molecular flexibility index (Phi) is 2.30. The Hall–Kier alpha value is -1.65. The van der Waals surface area contributed by atoms with Crippen molar-refractivity contribution in [3.63, 3.8) is 0 Å². The molecule has 80 valence electrons. The van der Waals surface area contributed by atoms with Crippen LogP contribution in [-0.4, -0.2) is 19.5 Å². The number of fused-ring (bicyclic) bond motifs is 1. The van der Waals surface area contributed by atoms with Gasteiger partial charge < -0.3 is 9.55 Å². The minimum atomic E-state index is -0.175. The molecule has 5 nitrogen and oxygen atoms in total. The van der Waals surface area contributed by atoms with Crippen molar-refractivity contribution in [1.82, 2.24) is 19.5 Å². The van der Waals surface area contributed by atoms with Gasteiger partial charge in [-0.2, -0.15) is 0 Å². The molecule has 0 amide bonds. The highest BCUT2D eigenvalue weighted by Gasteiger charge is 2.11. The fraction of sp³-hybridized carbons (Fsp3) is 0.500. The molecule has 2 aromatic rings. The average Bonchev–Trinajstić information content (AvgIpc) is 2.46. The lowest BCUT2D eigenvalue weighted by atomic mass is 10.1. The maximum absolute atomic E-state index is 11.5. The van der Waals surface area contributed by atoms with Crippen molar-refractivity contribution in [3.8, 4) is 0 Å². The van der Waals surface area contributed by atoms with Crippen molar-refractivity contribution in [2.24, 2.45) is 13.0 Å². The monoisotopic (exact) mass is 206 g/mol. The Balaban J connectivity index is 2.64. The topological polar surface area (TPSA) is 63.6 Å². The van der Waals surface area contributed by atoms with Gasteiger partial charge in [0.05, 0.1) is 6.33 Å². The van der Waals surface area contributed by atoms with Gasteiger partial charge in [-0.15, -0.1) is 0 Å². The number of H-pyrrole nitrogens is 1. The minimum absolute atomic E-state index is 0.175. The molecule has 2 aromatic heterocycles. The molecule has 0 aromatic carbocycles. The number of rotatable bonds is 2. The number of hydrogen-bond acceptors (Lipinski definition) is 3. The largest absolute Gasteiger partial charge is 0.316 e. The standard InChI is InChI=1S/C10H14N4O/c1-6(2)4-7-13-8-9(14(7)3)11-5-12-10(8)15/h5-6H,4H2,1-3H3,(H,11,12,15). The van der Waals surface area contributed by atoms with Crippen LogP contribution >= 0.6 is 0 Å². The summed E-state index contributed by atoms with van der Waals surface area (Å²) in [5.41, 5.74) is 0.899. The zero-order chi connectivity index (χ0) is 11.0. The predicted octanol–water partition coefficient (Wildman–Crippen LogP) is 0.855. The van der Waals surface area contributed by atoms with E-state index in [1.165, 1.54) is 6.33 Å². The summed E-state index contributed by atoms with van der Waals surface area (Å²) in [5, 5.41) is 0. The molecule has 0 unspecified atom stereocenters. The van der Waals surface area contributed by atoms with Crippen LogP contribution in [0.5, 0.6) is 0 Å². The van der Waals surface area contributed by atoms with Gasteiger partial charge in [0, 0.05) is 13.5 Å². The van der Waals surface area contributed by atoms with E-state index in [0.717, 1.165) is 12.2 Å². The fourth-order valence-electron chi connectivity index (χ4n) is 1.60. The van der Waals surface area contributed by atoms with Gasteiger partial charge in [0.2, 0.25) is 0 Å². The minimum Gasteiger partial charge on any atom is -0.316 e. The molecule has 15 heavy (non-hydrogen) atoms. The molecule has 0 radical (unpaired) electrons. The van der Waals surface area contributed by atoms with E-state index in [1.807, 2.05) is 11.6 Å². The number of nitrogens with one attached hydrogen (secondary N) is 1. The Morgan fingerprint density at radius 2 is 2.27 bits per heavy atom. The Morgan fingerprint density at radius 3 is 2.87 bits per heavy atom. The van der Waals surface area contributed by atoms with Crippen molar-refractivity contribution >= 4 is 11.2 Å². The predicted molar refractivity (Wildman–Crippen MR) is 57.7 cm³/mol. The first-order chi connectivity index (χ1) is 7.09. The SMILES string of the molecule is CC(C)Cc1nc2c(=O)[nH]cnc2n1C. The van der Waals surface area contributed by atoms with Crippen LogP contribution in [0.4, 0.5) is 0 Å². The molecular weight excluding hydrogens is 192 g/mol. The van der Waals surface area contributed by atoms with Gasteiger partial charge >= 0.3 is 0 Å². The number of aryl methyl sites for hydroxylation is 1. The number of aromatic nitrogens is 4. The highest BCUT2D eigenvalue weighted by atomic mass is 16.1. The second kappa shape index (κ2) is 3.49. The summed E-state index contributed by atoms with van der Waals surface area (Å²) in [4.78, 5) is 22.4. The van der Waals surface area contributed by atoms with E-state index in [9.17, 15) is 4.79 Å². The van der Waals surface area contributed by atoms with Crippen LogP contribution < -0.4 is 5.56 Å². The first-order valence-electron chi connectivity index (χ1n) is 4.98. The molecule has 0 spiro atoms. The smallest absolute Gasteiger partial charge is 0.278 e. The van der Waals surface area contributed by atoms with Gasteiger partial charge in [-0.1, -0.05) is 13.8 Å². The van der Waals surface area contributed by atoms with Gasteiger partial charge in [-0.05, 0) is 5.92 Å². The van der Waals surface area contributed by atoms with Crippen molar-refractivity contribution in [1.29, 1.82) is 0 Å². The van der Waals surface area contributed by atoms with E-state index >= 15 is 0 Å². The van der Waals surface area contributed by atoms with Crippen molar-refractivity contribution in [2.45, 2.75) is 20.3 Å². The Bertz CT molecular complexity index is 538. The first-order valence-corrected chi connectivity index (χ1v) is 4.98. The maximum atomic E-state index is 11.5. The molecule has 0 fully saturated rings. The second-order valence-corrected chi connectivity index (χ2v) is 4.09. The molecule has 0 atom stereocenters. The summed E-state index contributed by atoms with van der Waals surface area (Å²) in [6.07, 6.45) is 2.26. The maximum Gasteiger partial charge on any atom is 0.278 e. The lowest BCUT2D eigenvalue weighted by Crippen LogP contribution is -2.06. The molecule has 0 aliphatic carbocycles. The van der Waals surface area contributed by atoms with Crippen LogP contribution in [0, 0.1) is 5.92 Å². The molecular formula is C10H14N4O. The van der Waals surface area contributed by atoms with Gasteiger partial charge in [-0.3, -0.25) is 4.79 Å². The third kappa shape index (κ3) is 1.65. The highest BCUT2D eigenvalue weighted by molar-refractivity contribution is 5.69. The summed E-state index contributed by atoms with van der Waals surface area (Å²) in [5.74, 6) is 1.42. The first kappa shape index (κ1) is 9.89. The molecule has 0 aliphatic heterocycles. The van der Waals surface area contributed by atoms with Crippen LogP contribution in [0.2, 0.25) is 0 Å². The summed E-state index contributed by atoms with van der Waals surface area (Å²) in [6.45, 7) is 4.24. The van der Waals surface area contributed by atoms with E-state index in [2.05, 4.69) is 28.8 Å². The molecule has 0 saturated carbocycles. The normalized spacial score (nSPS) is 11.5. The van der Waals surface area contributed by atoms with E-state index in [1.54, 1.807) is 0 Å². The number of hydrogen-bond donors (Lipinski definition) is 1. The average molecular weight is 206 g/mol. The van der Waals surface area contributed by atoms with Crippen LogP contribution in [0.3, 0.4) is 0 Å².